The monoisotopic (exact) mass is 442 g/mol. The van der Waals surface area contributed by atoms with Crippen LogP contribution in [0.5, 0.6) is 0 Å². The van der Waals surface area contributed by atoms with E-state index in [0.29, 0.717) is 34.3 Å². The molecule has 1 amide bonds. The molecule has 3 aromatic rings. The first-order valence-corrected chi connectivity index (χ1v) is 8.47. The van der Waals surface area contributed by atoms with Gasteiger partial charge in [-0.25, -0.2) is 9.40 Å². The van der Waals surface area contributed by atoms with E-state index in [1.807, 2.05) is 0 Å². The third-order valence-electron chi connectivity index (χ3n) is 3.98. The van der Waals surface area contributed by atoms with E-state index in [9.17, 15) is 31.1 Å². The number of halogens is 6. The molecule has 0 aliphatic rings. The molecule has 0 aliphatic carbocycles. The summed E-state index contributed by atoms with van der Waals surface area (Å²) in [6.45, 7) is 0. The summed E-state index contributed by atoms with van der Waals surface area (Å²) in [5.41, 5.74) is -1.40. The SMILES string of the molecule is CN(/N=C/c1ccc(-c2nnc(C(F)F)o2)cc1)C(=O)c1cc(F)ccc1C(F)(F)F. The van der Waals surface area contributed by atoms with E-state index in [1.54, 1.807) is 0 Å². The average Bonchev–Trinajstić information content (AvgIpc) is 3.21. The summed E-state index contributed by atoms with van der Waals surface area (Å²) in [4.78, 5) is 12.3. The lowest BCUT2D eigenvalue weighted by molar-refractivity contribution is -0.138. The molecule has 1 aromatic heterocycles. The minimum absolute atomic E-state index is 0.128. The Morgan fingerprint density at radius 2 is 1.81 bits per heavy atom. The predicted octanol–water partition coefficient (Wildman–Crippen LogP) is 4.94. The van der Waals surface area contributed by atoms with Gasteiger partial charge >= 0.3 is 12.6 Å². The Labute approximate surface area is 170 Å². The molecule has 3 rings (SSSR count). The molecule has 0 unspecified atom stereocenters. The molecule has 6 nitrogen and oxygen atoms in total. The molecule has 0 saturated heterocycles. The highest BCUT2D eigenvalue weighted by Crippen LogP contribution is 2.33. The number of alkyl halides is 5. The molecular formula is C19H12F6N4O2. The maximum Gasteiger partial charge on any atom is 0.417 e. The van der Waals surface area contributed by atoms with Crippen molar-refractivity contribution < 1.29 is 35.6 Å². The molecule has 12 heteroatoms. The van der Waals surface area contributed by atoms with E-state index in [4.69, 9.17) is 4.42 Å². The Morgan fingerprint density at radius 3 is 2.39 bits per heavy atom. The van der Waals surface area contributed by atoms with E-state index in [1.165, 1.54) is 30.5 Å². The van der Waals surface area contributed by atoms with Crippen molar-refractivity contribution in [2.45, 2.75) is 12.6 Å². The Hall–Kier alpha value is -3.70. The van der Waals surface area contributed by atoms with Crippen LogP contribution in [-0.4, -0.2) is 34.4 Å². The summed E-state index contributed by atoms with van der Waals surface area (Å²) in [7, 11) is 1.11. The van der Waals surface area contributed by atoms with Gasteiger partial charge in [-0.3, -0.25) is 4.79 Å². The van der Waals surface area contributed by atoms with Crippen LogP contribution in [0.4, 0.5) is 26.3 Å². The Kier molecular flexibility index (Phi) is 6.09. The number of hydrogen-bond acceptors (Lipinski definition) is 5. The number of carbonyl (C=O) groups is 1. The summed E-state index contributed by atoms with van der Waals surface area (Å²) in [6, 6.07) is 7.46. The van der Waals surface area contributed by atoms with E-state index in [-0.39, 0.29) is 5.89 Å². The lowest BCUT2D eigenvalue weighted by atomic mass is 10.1. The molecule has 0 saturated carbocycles. The van der Waals surface area contributed by atoms with Gasteiger partial charge in [-0.05, 0) is 35.9 Å². The van der Waals surface area contributed by atoms with Crippen molar-refractivity contribution in [3.63, 3.8) is 0 Å². The van der Waals surface area contributed by atoms with E-state index in [0.717, 1.165) is 7.05 Å². The fourth-order valence-electron chi connectivity index (χ4n) is 2.47. The van der Waals surface area contributed by atoms with Crippen LogP contribution in [0.1, 0.15) is 33.8 Å². The summed E-state index contributed by atoms with van der Waals surface area (Å²) < 4.78 is 82.5. The second kappa shape index (κ2) is 8.58. The van der Waals surface area contributed by atoms with Gasteiger partial charge in [0.1, 0.15) is 5.82 Å². The standard InChI is InChI=1S/C19H12F6N4O2/c1-29(18(30)13-8-12(20)6-7-14(13)19(23,24)25)26-9-10-2-4-11(5-3-10)16-27-28-17(31-16)15(21)22/h2-9,15H,1H3/b26-9+. The van der Waals surface area contributed by atoms with Gasteiger partial charge in [0.15, 0.2) is 0 Å². The topological polar surface area (TPSA) is 71.6 Å². The number of aromatic nitrogens is 2. The third-order valence-corrected chi connectivity index (χ3v) is 3.98. The summed E-state index contributed by atoms with van der Waals surface area (Å²) >= 11 is 0. The molecule has 2 aromatic carbocycles. The first-order chi connectivity index (χ1) is 14.6. The number of hydrogen-bond donors (Lipinski definition) is 0. The average molecular weight is 442 g/mol. The molecule has 0 atom stereocenters. The molecule has 1 heterocycles. The van der Waals surface area contributed by atoms with Gasteiger partial charge in [0.05, 0.1) is 17.3 Å². The van der Waals surface area contributed by atoms with Crippen molar-refractivity contribution >= 4 is 12.1 Å². The first-order valence-electron chi connectivity index (χ1n) is 8.47. The predicted molar refractivity (Wildman–Crippen MR) is 95.8 cm³/mol. The van der Waals surface area contributed by atoms with Gasteiger partial charge in [-0.15, -0.1) is 10.2 Å². The largest absolute Gasteiger partial charge is 0.417 e. The second-order valence-corrected chi connectivity index (χ2v) is 6.13. The Morgan fingerprint density at radius 1 is 1.13 bits per heavy atom. The van der Waals surface area contributed by atoms with Gasteiger partial charge < -0.3 is 4.42 Å². The highest BCUT2D eigenvalue weighted by atomic mass is 19.4. The lowest BCUT2D eigenvalue weighted by Crippen LogP contribution is -2.25. The van der Waals surface area contributed by atoms with Crippen LogP contribution in [0.15, 0.2) is 52.0 Å². The molecule has 0 N–H and O–H groups in total. The van der Waals surface area contributed by atoms with Crippen molar-refractivity contribution in [1.29, 1.82) is 0 Å². The van der Waals surface area contributed by atoms with Crippen molar-refractivity contribution in [1.82, 2.24) is 15.2 Å². The van der Waals surface area contributed by atoms with Crippen LogP contribution < -0.4 is 0 Å². The molecule has 0 fully saturated rings. The highest BCUT2D eigenvalue weighted by molar-refractivity contribution is 5.96. The van der Waals surface area contributed by atoms with E-state index < -0.39 is 41.3 Å². The van der Waals surface area contributed by atoms with Crippen LogP contribution in [0.25, 0.3) is 11.5 Å². The zero-order valence-electron chi connectivity index (χ0n) is 15.6. The van der Waals surface area contributed by atoms with Crippen molar-refractivity contribution in [2.75, 3.05) is 7.05 Å². The van der Waals surface area contributed by atoms with Crippen LogP contribution in [0.2, 0.25) is 0 Å². The summed E-state index contributed by atoms with van der Waals surface area (Å²) in [6.07, 6.45) is -6.58. The van der Waals surface area contributed by atoms with Crippen LogP contribution in [-0.2, 0) is 6.18 Å². The number of carbonyl (C=O) groups excluding carboxylic acids is 1. The Balaban J connectivity index is 1.76. The molecule has 0 spiro atoms. The first kappa shape index (κ1) is 22.0. The minimum Gasteiger partial charge on any atom is -0.415 e. The van der Waals surface area contributed by atoms with Crippen LogP contribution in [0, 0.1) is 5.82 Å². The third kappa shape index (κ3) is 5.08. The molecule has 31 heavy (non-hydrogen) atoms. The number of benzene rings is 2. The lowest BCUT2D eigenvalue weighted by Gasteiger charge is -2.16. The van der Waals surface area contributed by atoms with E-state index in [2.05, 4.69) is 15.3 Å². The number of amides is 1. The minimum atomic E-state index is -4.85. The maximum atomic E-state index is 13.4. The van der Waals surface area contributed by atoms with E-state index >= 15 is 0 Å². The smallest absolute Gasteiger partial charge is 0.415 e. The molecular weight excluding hydrogens is 430 g/mol. The van der Waals surface area contributed by atoms with Crippen molar-refractivity contribution in [2.24, 2.45) is 5.10 Å². The molecule has 0 radical (unpaired) electrons. The van der Waals surface area contributed by atoms with Gasteiger partial charge in [-0.2, -0.15) is 27.1 Å². The molecule has 0 aliphatic heterocycles. The molecule has 162 valence electrons. The quantitative estimate of drug-likeness (QED) is 0.319. The fourth-order valence-corrected chi connectivity index (χ4v) is 2.47. The zero-order chi connectivity index (χ0) is 22.8. The Bertz CT molecular complexity index is 1110. The van der Waals surface area contributed by atoms with Gasteiger partial charge in [0.25, 0.3) is 11.8 Å². The van der Waals surface area contributed by atoms with Crippen LogP contribution >= 0.6 is 0 Å². The maximum absolute atomic E-state index is 13.4. The van der Waals surface area contributed by atoms with Gasteiger partial charge in [0, 0.05) is 12.6 Å². The number of rotatable bonds is 5. The summed E-state index contributed by atoms with van der Waals surface area (Å²) in [5, 5.41) is 11.1. The summed E-state index contributed by atoms with van der Waals surface area (Å²) in [5.74, 6) is -3.11. The fraction of sp³-hybridized carbons (Fsp3) is 0.158. The normalized spacial score (nSPS) is 12.0. The van der Waals surface area contributed by atoms with Gasteiger partial charge in [0.2, 0.25) is 5.89 Å². The zero-order valence-corrected chi connectivity index (χ0v) is 15.6. The van der Waals surface area contributed by atoms with Gasteiger partial charge in [-0.1, -0.05) is 12.1 Å². The number of hydrazone groups is 1. The number of nitrogens with zero attached hydrogens (tertiary/aromatic N) is 4. The van der Waals surface area contributed by atoms with Crippen LogP contribution in [0.3, 0.4) is 0 Å². The molecule has 0 bridgehead atoms. The highest BCUT2D eigenvalue weighted by Gasteiger charge is 2.36. The van der Waals surface area contributed by atoms with Crippen molar-refractivity contribution in [3.8, 4) is 11.5 Å². The van der Waals surface area contributed by atoms with Crippen molar-refractivity contribution in [3.05, 3.63) is 70.9 Å². The second-order valence-electron chi connectivity index (χ2n) is 6.13.